The van der Waals surface area contributed by atoms with Gasteiger partial charge in [0.25, 0.3) is 0 Å². The van der Waals surface area contributed by atoms with E-state index >= 15 is 0 Å². The summed E-state index contributed by atoms with van der Waals surface area (Å²) in [5.74, 6) is 0.810. The zero-order chi connectivity index (χ0) is 11.3. The normalized spacial score (nSPS) is 23.9. The molecule has 1 saturated carbocycles. The fourth-order valence-electron chi connectivity index (χ4n) is 2.41. The van der Waals surface area contributed by atoms with Crippen molar-refractivity contribution in [1.29, 1.82) is 0 Å². The van der Waals surface area contributed by atoms with Crippen molar-refractivity contribution in [2.75, 3.05) is 0 Å². The van der Waals surface area contributed by atoms with Gasteiger partial charge in [0.1, 0.15) is 0 Å². The van der Waals surface area contributed by atoms with E-state index in [0.717, 1.165) is 20.7 Å². The molecule has 1 N–H and O–H groups in total. The Balaban J connectivity index is 2.19. The largest absolute Gasteiger partial charge is 0.331 e. The van der Waals surface area contributed by atoms with Crippen LogP contribution < -0.4 is 0 Å². The molecule has 4 heteroatoms. The molecule has 1 heterocycles. The second kappa shape index (κ2) is 3.70. The first-order valence-corrected chi connectivity index (χ1v) is 6.80. The number of nitrogens with one attached hydrogen (secondary N) is 1. The van der Waals surface area contributed by atoms with E-state index in [1.165, 1.54) is 18.4 Å². The highest BCUT2D eigenvalue weighted by molar-refractivity contribution is 9.10. The zero-order valence-electron chi connectivity index (χ0n) is 9.03. The molecule has 0 radical (unpaired) electrons. The number of H-pyrrole nitrogens is 1. The highest BCUT2D eigenvalue weighted by Gasteiger charge is 2.38. The molecule has 2 atom stereocenters. The number of nitrogens with zero attached hydrogens (tertiary/aromatic N) is 1. The van der Waals surface area contributed by atoms with Crippen molar-refractivity contribution in [1.82, 2.24) is 9.55 Å². The lowest BCUT2D eigenvalue weighted by Gasteiger charge is -2.03. The summed E-state index contributed by atoms with van der Waals surface area (Å²) in [6.07, 6.45) is 2.51. The van der Waals surface area contributed by atoms with Gasteiger partial charge in [-0.25, -0.2) is 0 Å². The molecule has 0 spiro atoms. The second-order valence-corrected chi connectivity index (χ2v) is 5.74. The Bertz CT molecular complexity index is 599. The maximum atomic E-state index is 5.41. The van der Waals surface area contributed by atoms with Crippen molar-refractivity contribution < 1.29 is 0 Å². The van der Waals surface area contributed by atoms with Gasteiger partial charge in [-0.2, -0.15) is 0 Å². The van der Waals surface area contributed by atoms with Gasteiger partial charge in [-0.15, -0.1) is 0 Å². The Labute approximate surface area is 108 Å². The van der Waals surface area contributed by atoms with E-state index in [9.17, 15) is 0 Å². The SMILES string of the molecule is CCC1CC1n1c(=S)[nH]c2ccc(Br)cc21. The van der Waals surface area contributed by atoms with E-state index in [0.29, 0.717) is 6.04 Å². The Morgan fingerprint density at radius 1 is 1.56 bits per heavy atom. The van der Waals surface area contributed by atoms with Crippen LogP contribution in [-0.4, -0.2) is 9.55 Å². The molecule has 1 aromatic heterocycles. The maximum Gasteiger partial charge on any atom is 0.178 e. The summed E-state index contributed by atoms with van der Waals surface area (Å²) >= 11 is 8.92. The van der Waals surface area contributed by atoms with E-state index in [1.807, 2.05) is 6.07 Å². The molecule has 1 aromatic carbocycles. The van der Waals surface area contributed by atoms with E-state index < -0.39 is 0 Å². The minimum absolute atomic E-state index is 0.612. The first-order valence-electron chi connectivity index (χ1n) is 5.60. The highest BCUT2D eigenvalue weighted by atomic mass is 79.9. The molecule has 0 amide bonds. The van der Waals surface area contributed by atoms with Crippen molar-refractivity contribution in [3.8, 4) is 0 Å². The number of aromatic amines is 1. The lowest BCUT2D eigenvalue weighted by molar-refractivity contribution is 0.648. The minimum Gasteiger partial charge on any atom is -0.331 e. The summed E-state index contributed by atoms with van der Waals surface area (Å²) in [6, 6.07) is 6.88. The summed E-state index contributed by atoms with van der Waals surface area (Å²) in [5, 5.41) is 0. The highest BCUT2D eigenvalue weighted by Crippen LogP contribution is 2.47. The molecule has 2 unspecified atom stereocenters. The number of fused-ring (bicyclic) bond motifs is 1. The van der Waals surface area contributed by atoms with Crippen molar-refractivity contribution in [2.45, 2.75) is 25.8 Å². The Morgan fingerprint density at radius 3 is 3.06 bits per heavy atom. The lowest BCUT2D eigenvalue weighted by atomic mass is 10.3. The fraction of sp³-hybridized carbons (Fsp3) is 0.417. The van der Waals surface area contributed by atoms with Crippen LogP contribution in [0.3, 0.4) is 0 Å². The Morgan fingerprint density at radius 2 is 2.38 bits per heavy atom. The summed E-state index contributed by atoms with van der Waals surface area (Å²) < 4.78 is 4.24. The van der Waals surface area contributed by atoms with Gasteiger partial charge in [-0.1, -0.05) is 29.3 Å². The first kappa shape index (κ1) is 10.5. The minimum atomic E-state index is 0.612. The average molecular weight is 297 g/mol. The molecule has 1 aliphatic carbocycles. The Hall–Kier alpha value is -0.610. The third-order valence-electron chi connectivity index (χ3n) is 3.42. The molecule has 2 aromatic rings. The van der Waals surface area contributed by atoms with Gasteiger partial charge in [0.05, 0.1) is 11.0 Å². The van der Waals surface area contributed by atoms with Gasteiger partial charge < -0.3 is 9.55 Å². The predicted molar refractivity (Wildman–Crippen MR) is 72.3 cm³/mol. The lowest BCUT2D eigenvalue weighted by Crippen LogP contribution is -1.95. The molecule has 16 heavy (non-hydrogen) atoms. The van der Waals surface area contributed by atoms with Gasteiger partial charge in [0.15, 0.2) is 4.77 Å². The first-order chi connectivity index (χ1) is 7.70. The van der Waals surface area contributed by atoms with Crippen LogP contribution >= 0.6 is 28.1 Å². The smallest absolute Gasteiger partial charge is 0.178 e. The van der Waals surface area contributed by atoms with Crippen molar-refractivity contribution in [3.63, 3.8) is 0 Å². The number of aromatic nitrogens is 2. The monoisotopic (exact) mass is 296 g/mol. The van der Waals surface area contributed by atoms with Gasteiger partial charge in [0, 0.05) is 10.5 Å². The quantitative estimate of drug-likeness (QED) is 0.813. The van der Waals surface area contributed by atoms with Crippen molar-refractivity contribution >= 4 is 39.2 Å². The molecule has 2 nitrogen and oxygen atoms in total. The third-order valence-corrected chi connectivity index (χ3v) is 4.21. The van der Waals surface area contributed by atoms with Crippen LogP contribution in [0.25, 0.3) is 11.0 Å². The molecule has 0 bridgehead atoms. The van der Waals surface area contributed by atoms with Crippen LogP contribution in [0.5, 0.6) is 0 Å². The molecule has 1 aliphatic rings. The molecule has 84 valence electrons. The van der Waals surface area contributed by atoms with Crippen LogP contribution in [0.1, 0.15) is 25.8 Å². The predicted octanol–water partition coefficient (Wildman–Crippen LogP) is 4.43. The molecule has 0 saturated heterocycles. The third kappa shape index (κ3) is 1.55. The summed E-state index contributed by atoms with van der Waals surface area (Å²) in [6.45, 7) is 2.25. The van der Waals surface area contributed by atoms with Crippen LogP contribution in [0.2, 0.25) is 0 Å². The maximum absolute atomic E-state index is 5.41. The topological polar surface area (TPSA) is 20.7 Å². The van der Waals surface area contributed by atoms with E-state index in [-0.39, 0.29) is 0 Å². The van der Waals surface area contributed by atoms with Gasteiger partial charge in [-0.05, 0) is 42.8 Å². The second-order valence-electron chi connectivity index (χ2n) is 4.43. The number of imidazole rings is 1. The summed E-state index contributed by atoms with van der Waals surface area (Å²) in [5.41, 5.74) is 2.36. The number of hydrogen-bond donors (Lipinski definition) is 1. The van der Waals surface area contributed by atoms with E-state index in [4.69, 9.17) is 12.2 Å². The molecule has 3 rings (SSSR count). The van der Waals surface area contributed by atoms with Crippen molar-refractivity contribution in [2.24, 2.45) is 5.92 Å². The molecular formula is C12H13BrN2S. The van der Waals surface area contributed by atoms with Crippen LogP contribution in [0.4, 0.5) is 0 Å². The average Bonchev–Trinajstić information content (AvgIpc) is 2.95. The number of benzene rings is 1. The van der Waals surface area contributed by atoms with Crippen LogP contribution in [0, 0.1) is 10.7 Å². The van der Waals surface area contributed by atoms with Crippen LogP contribution in [0.15, 0.2) is 22.7 Å². The molecule has 1 fully saturated rings. The summed E-state index contributed by atoms with van der Waals surface area (Å²) in [4.78, 5) is 3.28. The van der Waals surface area contributed by atoms with Gasteiger partial charge >= 0.3 is 0 Å². The molecular weight excluding hydrogens is 284 g/mol. The van der Waals surface area contributed by atoms with Crippen molar-refractivity contribution in [3.05, 3.63) is 27.4 Å². The number of hydrogen-bond acceptors (Lipinski definition) is 1. The fourth-order valence-corrected chi connectivity index (χ4v) is 3.10. The standard InChI is InChI=1S/C12H13BrN2S/c1-2-7-5-10(7)15-11-6-8(13)3-4-9(11)14-12(15)16/h3-4,6-7,10H,2,5H2,1H3,(H,14,16). The summed E-state index contributed by atoms with van der Waals surface area (Å²) in [7, 11) is 0. The van der Waals surface area contributed by atoms with E-state index in [1.54, 1.807) is 0 Å². The number of halogens is 1. The number of rotatable bonds is 2. The van der Waals surface area contributed by atoms with Crippen LogP contribution in [-0.2, 0) is 0 Å². The van der Waals surface area contributed by atoms with Gasteiger partial charge in [-0.3, -0.25) is 0 Å². The van der Waals surface area contributed by atoms with Gasteiger partial charge in [0.2, 0.25) is 0 Å². The van der Waals surface area contributed by atoms with E-state index in [2.05, 4.69) is 44.5 Å². The Kier molecular flexibility index (Phi) is 2.44. The molecule has 0 aliphatic heterocycles. The zero-order valence-corrected chi connectivity index (χ0v) is 11.4.